The Bertz CT molecular complexity index is 431. The molecule has 0 aromatic heterocycles. The number of rotatable bonds is 9. The third kappa shape index (κ3) is 4.67. The number of hydrogen-bond acceptors (Lipinski definition) is 2. The Morgan fingerprint density at radius 2 is 1.73 bits per heavy atom. The summed E-state index contributed by atoms with van der Waals surface area (Å²) in [5.41, 5.74) is -0.952. The molecule has 2 unspecified atom stereocenters. The molecule has 1 rings (SSSR count). The summed E-state index contributed by atoms with van der Waals surface area (Å²) in [6.45, 7) is 8.31. The molecule has 4 heteroatoms. The lowest BCUT2D eigenvalue weighted by molar-refractivity contribution is -0.0975. The van der Waals surface area contributed by atoms with Crippen LogP contribution in [0.1, 0.15) is 52.5 Å². The largest absolute Gasteiger partial charge is 0.493 e. The van der Waals surface area contributed by atoms with Crippen molar-refractivity contribution < 1.29 is 18.6 Å². The molecular formula is C18H28F2O2. The standard InChI is InChI=1S/C18H28F2O2/c1-5-11-18(21,16(6-2)17(19)20)14-7-9-15(10-8-14)22-12-13(3)4/h7-10,13,16-17,21H,5-6,11-12H2,1-4H3. The first-order valence-electron chi connectivity index (χ1n) is 8.09. The van der Waals surface area contributed by atoms with Crippen LogP contribution in [0.15, 0.2) is 24.3 Å². The second-order valence-electron chi connectivity index (χ2n) is 6.25. The van der Waals surface area contributed by atoms with Crippen LogP contribution < -0.4 is 4.74 Å². The second-order valence-corrected chi connectivity index (χ2v) is 6.25. The summed E-state index contributed by atoms with van der Waals surface area (Å²) in [5, 5.41) is 10.9. The fourth-order valence-corrected chi connectivity index (χ4v) is 2.75. The minimum absolute atomic E-state index is 0.236. The van der Waals surface area contributed by atoms with Crippen LogP contribution in [0.2, 0.25) is 0 Å². The van der Waals surface area contributed by atoms with Crippen molar-refractivity contribution in [3.05, 3.63) is 29.8 Å². The molecule has 0 spiro atoms. The SMILES string of the molecule is CCCC(O)(c1ccc(OCC(C)C)cc1)C(CC)C(F)F. The first-order valence-corrected chi connectivity index (χ1v) is 8.09. The van der Waals surface area contributed by atoms with Gasteiger partial charge in [-0.15, -0.1) is 0 Å². The molecule has 0 aliphatic rings. The van der Waals surface area contributed by atoms with Gasteiger partial charge < -0.3 is 9.84 Å². The smallest absolute Gasteiger partial charge is 0.244 e. The minimum Gasteiger partial charge on any atom is -0.493 e. The zero-order valence-electron chi connectivity index (χ0n) is 14.0. The Kier molecular flexibility index (Phi) is 7.27. The van der Waals surface area contributed by atoms with E-state index in [0.29, 0.717) is 36.7 Å². The number of benzene rings is 1. The van der Waals surface area contributed by atoms with Gasteiger partial charge in [-0.05, 0) is 36.5 Å². The van der Waals surface area contributed by atoms with E-state index in [0.717, 1.165) is 0 Å². The number of hydrogen-bond donors (Lipinski definition) is 1. The summed E-state index contributed by atoms with van der Waals surface area (Å²) in [6.07, 6.45) is -1.34. The molecule has 0 aliphatic heterocycles. The van der Waals surface area contributed by atoms with Crippen LogP contribution in [0.3, 0.4) is 0 Å². The van der Waals surface area contributed by atoms with Crippen molar-refractivity contribution in [2.75, 3.05) is 6.61 Å². The Balaban J connectivity index is 3.00. The highest BCUT2D eigenvalue weighted by atomic mass is 19.3. The van der Waals surface area contributed by atoms with Crippen LogP contribution in [0.4, 0.5) is 8.78 Å². The van der Waals surface area contributed by atoms with Crippen molar-refractivity contribution in [1.29, 1.82) is 0 Å². The van der Waals surface area contributed by atoms with Gasteiger partial charge in [0.05, 0.1) is 18.1 Å². The average molecular weight is 314 g/mol. The van der Waals surface area contributed by atoms with Gasteiger partial charge in [-0.25, -0.2) is 8.78 Å². The van der Waals surface area contributed by atoms with Crippen LogP contribution in [0.25, 0.3) is 0 Å². The van der Waals surface area contributed by atoms with Crippen molar-refractivity contribution in [2.24, 2.45) is 11.8 Å². The second kappa shape index (κ2) is 8.47. The molecule has 0 heterocycles. The van der Waals surface area contributed by atoms with Gasteiger partial charge in [0.1, 0.15) is 5.75 Å². The van der Waals surface area contributed by atoms with Crippen molar-refractivity contribution in [1.82, 2.24) is 0 Å². The topological polar surface area (TPSA) is 29.5 Å². The molecule has 0 amide bonds. The van der Waals surface area contributed by atoms with Gasteiger partial charge in [0.15, 0.2) is 0 Å². The molecule has 1 aromatic carbocycles. The van der Waals surface area contributed by atoms with Gasteiger partial charge >= 0.3 is 0 Å². The molecule has 0 fully saturated rings. The zero-order valence-corrected chi connectivity index (χ0v) is 14.0. The molecule has 0 radical (unpaired) electrons. The molecule has 2 nitrogen and oxygen atoms in total. The van der Waals surface area contributed by atoms with E-state index in [9.17, 15) is 13.9 Å². The van der Waals surface area contributed by atoms with Crippen molar-refractivity contribution in [2.45, 2.75) is 59.0 Å². The summed E-state index contributed by atoms with van der Waals surface area (Å²) >= 11 is 0. The van der Waals surface area contributed by atoms with E-state index in [1.165, 1.54) is 0 Å². The highest BCUT2D eigenvalue weighted by Crippen LogP contribution is 2.40. The first-order chi connectivity index (χ1) is 10.3. The molecule has 2 atom stereocenters. The van der Waals surface area contributed by atoms with Gasteiger partial charge in [0.2, 0.25) is 6.43 Å². The highest BCUT2D eigenvalue weighted by molar-refractivity contribution is 5.31. The molecule has 1 aromatic rings. The fraction of sp³-hybridized carbons (Fsp3) is 0.667. The van der Waals surface area contributed by atoms with Gasteiger partial charge in [-0.1, -0.05) is 46.2 Å². The predicted octanol–water partition coefficient (Wildman–Crippen LogP) is 5.00. The predicted molar refractivity (Wildman–Crippen MR) is 85.4 cm³/mol. The maximum Gasteiger partial charge on any atom is 0.244 e. The third-order valence-electron chi connectivity index (χ3n) is 3.93. The normalized spacial score (nSPS) is 15.9. The lowest BCUT2D eigenvalue weighted by Crippen LogP contribution is -2.39. The van der Waals surface area contributed by atoms with Crippen LogP contribution in [0.5, 0.6) is 5.75 Å². The molecule has 0 saturated heterocycles. The monoisotopic (exact) mass is 314 g/mol. The van der Waals surface area contributed by atoms with Crippen molar-refractivity contribution in [3.8, 4) is 5.75 Å². The maximum atomic E-state index is 13.3. The zero-order chi connectivity index (χ0) is 16.8. The summed E-state index contributed by atoms with van der Waals surface area (Å²) in [4.78, 5) is 0. The van der Waals surface area contributed by atoms with Crippen molar-refractivity contribution in [3.63, 3.8) is 0 Å². The van der Waals surface area contributed by atoms with Gasteiger partial charge in [-0.2, -0.15) is 0 Å². The Morgan fingerprint density at radius 3 is 2.14 bits per heavy atom. The molecule has 22 heavy (non-hydrogen) atoms. The molecule has 0 bridgehead atoms. The molecule has 126 valence electrons. The highest BCUT2D eigenvalue weighted by Gasteiger charge is 2.41. The molecule has 0 saturated carbocycles. The maximum absolute atomic E-state index is 13.3. The van der Waals surface area contributed by atoms with E-state index in [2.05, 4.69) is 13.8 Å². The average Bonchev–Trinajstić information content (AvgIpc) is 2.46. The van der Waals surface area contributed by atoms with E-state index >= 15 is 0 Å². The van der Waals surface area contributed by atoms with Crippen LogP contribution in [-0.4, -0.2) is 18.1 Å². The van der Waals surface area contributed by atoms with E-state index in [4.69, 9.17) is 4.74 Å². The van der Waals surface area contributed by atoms with Gasteiger partial charge in [-0.3, -0.25) is 0 Å². The fourth-order valence-electron chi connectivity index (χ4n) is 2.75. The number of ether oxygens (including phenoxy) is 1. The molecule has 0 aliphatic carbocycles. The van der Waals surface area contributed by atoms with Crippen LogP contribution in [-0.2, 0) is 5.60 Å². The lowest BCUT2D eigenvalue weighted by atomic mass is 9.77. The van der Waals surface area contributed by atoms with Crippen LogP contribution in [0, 0.1) is 11.8 Å². The number of alkyl halides is 2. The van der Waals surface area contributed by atoms with Crippen molar-refractivity contribution >= 4 is 0 Å². The lowest BCUT2D eigenvalue weighted by Gasteiger charge is -2.36. The summed E-state index contributed by atoms with van der Waals surface area (Å²) in [6, 6.07) is 6.90. The number of aliphatic hydroxyl groups is 1. The Labute approximate surface area is 132 Å². The Hall–Kier alpha value is -1.16. The third-order valence-corrected chi connectivity index (χ3v) is 3.93. The van der Waals surface area contributed by atoms with E-state index in [1.807, 2.05) is 6.92 Å². The summed E-state index contributed by atoms with van der Waals surface area (Å²) in [5.74, 6) is 0.0521. The minimum atomic E-state index is -2.54. The quantitative estimate of drug-likeness (QED) is 0.695. The Morgan fingerprint density at radius 1 is 1.14 bits per heavy atom. The van der Waals surface area contributed by atoms with E-state index in [1.54, 1.807) is 31.2 Å². The molecular weight excluding hydrogens is 286 g/mol. The van der Waals surface area contributed by atoms with Gasteiger partial charge in [0, 0.05) is 0 Å². The summed E-state index contributed by atoms with van der Waals surface area (Å²) in [7, 11) is 0. The summed E-state index contributed by atoms with van der Waals surface area (Å²) < 4.78 is 32.2. The number of halogens is 2. The van der Waals surface area contributed by atoms with E-state index < -0.39 is 17.9 Å². The van der Waals surface area contributed by atoms with Gasteiger partial charge in [0.25, 0.3) is 0 Å². The first kappa shape index (κ1) is 18.9. The van der Waals surface area contributed by atoms with Crippen LogP contribution >= 0.6 is 0 Å². The molecule has 1 N–H and O–H groups in total. The van der Waals surface area contributed by atoms with E-state index in [-0.39, 0.29) is 6.42 Å².